The summed E-state index contributed by atoms with van der Waals surface area (Å²) < 4.78 is 24.4. The second-order valence-corrected chi connectivity index (χ2v) is 4.54. The molecule has 0 fully saturated rings. The standard InChI is InChI=1S/C7H5N2O5S/c10-7-5-2-1-4(9(11)12)3-6(5)15(13,14)8-7/h1-3,11H,(H,8,10)/q-1. The molecule has 1 aromatic carbocycles. The van der Waals surface area contributed by atoms with Gasteiger partial charge >= 0.3 is 0 Å². The molecule has 1 amide bonds. The number of hydrogen-bond donors (Lipinski definition) is 2. The number of fused-ring (bicyclic) bond motifs is 1. The highest BCUT2D eigenvalue weighted by molar-refractivity contribution is 7.90. The molecule has 0 saturated carbocycles. The smallest absolute Gasteiger partial charge is 0.266 e. The molecule has 1 aromatic rings. The fourth-order valence-corrected chi connectivity index (χ4v) is 2.46. The minimum absolute atomic E-state index is 0.0411. The third-order valence-electron chi connectivity index (χ3n) is 1.95. The molecule has 7 nitrogen and oxygen atoms in total. The Labute approximate surface area is 84.5 Å². The van der Waals surface area contributed by atoms with Crippen molar-refractivity contribution >= 4 is 21.6 Å². The number of hydrogen-bond acceptors (Lipinski definition) is 6. The van der Waals surface area contributed by atoms with Crippen LogP contribution in [0.4, 0.5) is 5.69 Å². The molecule has 80 valence electrons. The second-order valence-electron chi connectivity index (χ2n) is 2.89. The van der Waals surface area contributed by atoms with Crippen LogP contribution in [-0.2, 0) is 10.0 Å². The SMILES string of the molecule is O=C1NS(=O)(=O)c2cc(N([O-])O)ccc21. The monoisotopic (exact) mass is 229 g/mol. The van der Waals surface area contributed by atoms with E-state index in [1.807, 2.05) is 0 Å². The van der Waals surface area contributed by atoms with E-state index >= 15 is 0 Å². The molecular formula is C7H5N2O5S-. The van der Waals surface area contributed by atoms with Gasteiger partial charge in [0.15, 0.2) is 0 Å². The summed E-state index contributed by atoms with van der Waals surface area (Å²) in [7, 11) is -3.89. The van der Waals surface area contributed by atoms with Crippen molar-refractivity contribution in [1.82, 2.24) is 4.72 Å². The first kappa shape index (κ1) is 9.90. The van der Waals surface area contributed by atoms with Crippen LogP contribution >= 0.6 is 0 Å². The molecule has 15 heavy (non-hydrogen) atoms. The van der Waals surface area contributed by atoms with E-state index in [0.29, 0.717) is 0 Å². The van der Waals surface area contributed by atoms with Crippen molar-refractivity contribution in [2.24, 2.45) is 0 Å². The van der Waals surface area contributed by atoms with Gasteiger partial charge in [-0.3, -0.25) is 10.0 Å². The van der Waals surface area contributed by atoms with Crippen LogP contribution in [0, 0.1) is 5.21 Å². The molecule has 0 saturated heterocycles. The van der Waals surface area contributed by atoms with Gasteiger partial charge in [0.1, 0.15) is 4.90 Å². The Kier molecular flexibility index (Phi) is 1.93. The summed E-state index contributed by atoms with van der Waals surface area (Å²) >= 11 is 0. The van der Waals surface area contributed by atoms with Crippen LogP contribution in [0.5, 0.6) is 0 Å². The fourth-order valence-electron chi connectivity index (χ4n) is 1.27. The van der Waals surface area contributed by atoms with Crippen molar-refractivity contribution in [1.29, 1.82) is 0 Å². The van der Waals surface area contributed by atoms with Gasteiger partial charge in [-0.2, -0.15) is 0 Å². The molecule has 2 N–H and O–H groups in total. The summed E-state index contributed by atoms with van der Waals surface area (Å²) in [4.78, 5) is 10.8. The maximum absolute atomic E-state index is 11.3. The van der Waals surface area contributed by atoms with Crippen LogP contribution in [0.15, 0.2) is 23.1 Å². The van der Waals surface area contributed by atoms with Crippen LogP contribution in [0.25, 0.3) is 0 Å². The van der Waals surface area contributed by atoms with E-state index in [1.54, 1.807) is 4.72 Å². The van der Waals surface area contributed by atoms with Gasteiger partial charge in [0, 0.05) is 0 Å². The zero-order valence-corrected chi connectivity index (χ0v) is 7.98. The summed E-state index contributed by atoms with van der Waals surface area (Å²) in [5.41, 5.74) is -0.297. The molecule has 0 atom stereocenters. The molecule has 1 aliphatic heterocycles. The van der Waals surface area contributed by atoms with Gasteiger partial charge in [-0.25, -0.2) is 13.1 Å². The van der Waals surface area contributed by atoms with Crippen molar-refractivity contribution in [2.75, 3.05) is 5.23 Å². The molecule has 0 aromatic heterocycles. The number of rotatable bonds is 1. The Hall–Kier alpha value is -1.64. The Morgan fingerprint density at radius 3 is 2.67 bits per heavy atom. The Bertz CT molecular complexity index is 536. The highest BCUT2D eigenvalue weighted by Crippen LogP contribution is 2.26. The summed E-state index contributed by atoms with van der Waals surface area (Å²) in [6.45, 7) is 0. The average molecular weight is 229 g/mol. The molecule has 8 heteroatoms. The zero-order chi connectivity index (χ0) is 11.2. The normalized spacial score (nSPS) is 17.1. The number of amides is 1. The molecule has 0 unspecified atom stereocenters. The number of benzene rings is 1. The van der Waals surface area contributed by atoms with Crippen LogP contribution in [0.1, 0.15) is 10.4 Å². The van der Waals surface area contributed by atoms with E-state index in [9.17, 15) is 18.4 Å². The lowest BCUT2D eigenvalue weighted by Gasteiger charge is -2.21. The number of carbonyl (C=O) groups excluding carboxylic acids is 1. The third-order valence-corrected chi connectivity index (χ3v) is 3.32. The second kappa shape index (κ2) is 2.92. The van der Waals surface area contributed by atoms with Crippen molar-refractivity contribution < 1.29 is 18.4 Å². The lowest BCUT2D eigenvalue weighted by Crippen LogP contribution is -2.20. The van der Waals surface area contributed by atoms with E-state index in [4.69, 9.17) is 5.21 Å². The van der Waals surface area contributed by atoms with Crippen molar-refractivity contribution in [3.63, 3.8) is 0 Å². The first-order valence-electron chi connectivity index (χ1n) is 3.79. The molecule has 0 radical (unpaired) electrons. The Morgan fingerprint density at radius 2 is 2.07 bits per heavy atom. The number of sulfonamides is 1. The van der Waals surface area contributed by atoms with Gasteiger partial charge in [-0.15, -0.1) is 0 Å². The molecule has 1 aliphatic rings. The zero-order valence-electron chi connectivity index (χ0n) is 7.17. The Morgan fingerprint density at radius 1 is 1.40 bits per heavy atom. The highest BCUT2D eigenvalue weighted by atomic mass is 32.2. The van der Waals surface area contributed by atoms with E-state index < -0.39 is 21.2 Å². The van der Waals surface area contributed by atoms with Gasteiger partial charge < -0.3 is 10.4 Å². The first-order valence-corrected chi connectivity index (χ1v) is 5.27. The van der Waals surface area contributed by atoms with Gasteiger partial charge in [0.05, 0.1) is 11.3 Å². The Balaban J connectivity index is 2.68. The number of nitrogens with one attached hydrogen (secondary N) is 1. The van der Waals surface area contributed by atoms with E-state index in [1.165, 1.54) is 0 Å². The topological polar surface area (TPSA) is 110 Å². The molecule has 1 heterocycles. The number of anilines is 1. The minimum atomic E-state index is -3.89. The van der Waals surface area contributed by atoms with Crippen LogP contribution in [-0.4, -0.2) is 19.5 Å². The van der Waals surface area contributed by atoms with Gasteiger partial charge in [-0.1, -0.05) is 0 Å². The fraction of sp³-hybridized carbons (Fsp3) is 0. The van der Waals surface area contributed by atoms with Crippen molar-refractivity contribution in [2.45, 2.75) is 4.90 Å². The predicted octanol–water partition coefficient (Wildman–Crippen LogP) is -0.188. The predicted molar refractivity (Wildman–Crippen MR) is 48.7 cm³/mol. The molecule has 2 rings (SSSR count). The van der Waals surface area contributed by atoms with Gasteiger partial charge in [-0.05, 0) is 18.2 Å². The van der Waals surface area contributed by atoms with Crippen molar-refractivity contribution in [3.05, 3.63) is 29.0 Å². The minimum Gasteiger partial charge on any atom is -0.733 e. The average Bonchev–Trinajstić information content (AvgIpc) is 2.37. The van der Waals surface area contributed by atoms with Crippen LogP contribution in [0.3, 0.4) is 0 Å². The lowest BCUT2D eigenvalue weighted by molar-refractivity contribution is 0.0985. The van der Waals surface area contributed by atoms with Crippen molar-refractivity contribution in [3.8, 4) is 0 Å². The summed E-state index contributed by atoms with van der Waals surface area (Å²) in [5.74, 6) is -0.744. The summed E-state index contributed by atoms with van der Waals surface area (Å²) in [5, 5.41) is 18.6. The van der Waals surface area contributed by atoms with Crippen LogP contribution < -0.4 is 9.95 Å². The van der Waals surface area contributed by atoms with Crippen LogP contribution in [0.2, 0.25) is 0 Å². The van der Waals surface area contributed by atoms with Gasteiger partial charge in [0.25, 0.3) is 15.9 Å². The number of carbonyl (C=O) groups is 1. The van der Waals surface area contributed by atoms with E-state index in [0.717, 1.165) is 18.2 Å². The summed E-state index contributed by atoms with van der Waals surface area (Å²) in [6.07, 6.45) is 0. The van der Waals surface area contributed by atoms with E-state index in [2.05, 4.69) is 0 Å². The molecule has 0 bridgehead atoms. The first-order chi connectivity index (χ1) is 6.92. The molecular weight excluding hydrogens is 224 g/mol. The lowest BCUT2D eigenvalue weighted by atomic mass is 10.2. The highest BCUT2D eigenvalue weighted by Gasteiger charge is 2.32. The number of nitrogens with zero attached hydrogens (tertiary/aromatic N) is 1. The van der Waals surface area contributed by atoms with E-state index in [-0.39, 0.29) is 16.1 Å². The van der Waals surface area contributed by atoms with Gasteiger partial charge in [0.2, 0.25) is 0 Å². The quantitative estimate of drug-likeness (QED) is 0.646. The maximum atomic E-state index is 11.3. The summed E-state index contributed by atoms with van der Waals surface area (Å²) in [6, 6.07) is 3.23. The maximum Gasteiger partial charge on any atom is 0.266 e. The third kappa shape index (κ3) is 1.44. The largest absolute Gasteiger partial charge is 0.733 e. The molecule has 0 spiro atoms. The molecule has 0 aliphatic carbocycles.